The van der Waals surface area contributed by atoms with Crippen LogP contribution in [-0.4, -0.2) is 42.1 Å². The van der Waals surface area contributed by atoms with E-state index in [1.807, 2.05) is 13.8 Å². The number of carbonyl (C=O) groups is 1. The Bertz CT molecular complexity index is 516. The Hall–Kier alpha value is -2.22. The van der Waals surface area contributed by atoms with Gasteiger partial charge in [0.1, 0.15) is 12.0 Å². The highest BCUT2D eigenvalue weighted by Crippen LogP contribution is 2.19. The molecule has 0 radical (unpaired) electrons. The normalized spacial score (nSPS) is 11.0. The van der Waals surface area contributed by atoms with E-state index >= 15 is 0 Å². The lowest BCUT2D eigenvalue weighted by atomic mass is 10.1. The van der Waals surface area contributed by atoms with Gasteiger partial charge in [0.05, 0.1) is 16.1 Å². The molecule has 110 valence electrons. The summed E-state index contributed by atoms with van der Waals surface area (Å²) in [5.41, 5.74) is -0.641. The highest BCUT2D eigenvalue weighted by atomic mass is 16.6. The van der Waals surface area contributed by atoms with Gasteiger partial charge in [0.2, 0.25) is 0 Å². The summed E-state index contributed by atoms with van der Waals surface area (Å²) >= 11 is 0. The molecule has 0 unspecified atom stereocenters. The molecular formula is C12H18N4O4. The second-order valence-corrected chi connectivity index (χ2v) is 4.74. The predicted molar refractivity (Wildman–Crippen MR) is 73.9 cm³/mol. The first-order valence-corrected chi connectivity index (χ1v) is 5.96. The Morgan fingerprint density at radius 3 is 2.70 bits per heavy atom. The fourth-order valence-corrected chi connectivity index (χ4v) is 1.39. The first-order chi connectivity index (χ1) is 9.30. The van der Waals surface area contributed by atoms with Crippen LogP contribution in [0.15, 0.2) is 12.3 Å². The molecule has 0 saturated carbocycles. The van der Waals surface area contributed by atoms with Crippen molar-refractivity contribution in [3.8, 4) is 0 Å². The minimum Gasteiger partial charge on any atom is -0.377 e. The number of hydrogen-bond acceptors (Lipinski definition) is 6. The molecular weight excluding hydrogens is 264 g/mol. The zero-order valence-corrected chi connectivity index (χ0v) is 11.9. The quantitative estimate of drug-likeness (QED) is 0.599. The van der Waals surface area contributed by atoms with E-state index in [2.05, 4.69) is 15.6 Å². The van der Waals surface area contributed by atoms with Crippen molar-refractivity contribution in [2.75, 3.05) is 26.0 Å². The summed E-state index contributed by atoms with van der Waals surface area (Å²) in [5, 5.41) is 16.1. The highest BCUT2D eigenvalue weighted by Gasteiger charge is 2.21. The standard InChI is InChI=1S/C12H18N4O4/c1-12(2,20-4)7-15-11(17)9-5-8(16(18)19)6-14-10(9)13-3/h5-6H,7H2,1-4H3,(H,13,14)(H,15,17). The summed E-state index contributed by atoms with van der Waals surface area (Å²) in [4.78, 5) is 26.1. The van der Waals surface area contributed by atoms with Gasteiger partial charge in [-0.25, -0.2) is 4.98 Å². The van der Waals surface area contributed by atoms with Gasteiger partial charge in [0.15, 0.2) is 0 Å². The third-order valence-electron chi connectivity index (χ3n) is 2.79. The first kappa shape index (κ1) is 15.8. The van der Waals surface area contributed by atoms with Gasteiger partial charge in [0, 0.05) is 26.8 Å². The zero-order valence-electron chi connectivity index (χ0n) is 11.9. The van der Waals surface area contributed by atoms with Gasteiger partial charge in [-0.1, -0.05) is 0 Å². The maximum Gasteiger partial charge on any atom is 0.288 e. The average Bonchev–Trinajstić information content (AvgIpc) is 2.44. The summed E-state index contributed by atoms with van der Waals surface area (Å²) in [6.07, 6.45) is 1.10. The third kappa shape index (κ3) is 3.89. The van der Waals surface area contributed by atoms with Crippen LogP contribution in [0.25, 0.3) is 0 Å². The number of aromatic nitrogens is 1. The molecule has 1 amide bonds. The van der Waals surface area contributed by atoms with Gasteiger partial charge in [-0.15, -0.1) is 0 Å². The number of rotatable bonds is 6. The minimum atomic E-state index is -0.595. The number of nitrogens with one attached hydrogen (secondary N) is 2. The van der Waals surface area contributed by atoms with Crippen molar-refractivity contribution in [2.24, 2.45) is 0 Å². The van der Waals surface area contributed by atoms with Gasteiger partial charge in [-0.2, -0.15) is 0 Å². The molecule has 0 aromatic carbocycles. The smallest absolute Gasteiger partial charge is 0.288 e. The molecule has 0 bridgehead atoms. The lowest BCUT2D eigenvalue weighted by Gasteiger charge is -2.23. The van der Waals surface area contributed by atoms with Crippen LogP contribution >= 0.6 is 0 Å². The van der Waals surface area contributed by atoms with E-state index in [1.54, 1.807) is 14.2 Å². The van der Waals surface area contributed by atoms with Gasteiger partial charge >= 0.3 is 0 Å². The highest BCUT2D eigenvalue weighted by molar-refractivity contribution is 5.99. The van der Waals surface area contributed by atoms with E-state index in [0.29, 0.717) is 0 Å². The number of nitro groups is 1. The molecule has 1 rings (SSSR count). The monoisotopic (exact) mass is 282 g/mol. The maximum atomic E-state index is 12.1. The van der Waals surface area contributed by atoms with Crippen LogP contribution in [0.1, 0.15) is 24.2 Å². The molecule has 1 aromatic rings. The van der Waals surface area contributed by atoms with E-state index < -0.39 is 16.4 Å². The van der Waals surface area contributed by atoms with Crippen LogP contribution in [0.2, 0.25) is 0 Å². The zero-order chi connectivity index (χ0) is 15.3. The second-order valence-electron chi connectivity index (χ2n) is 4.74. The Kier molecular flexibility index (Phi) is 4.98. The summed E-state index contributed by atoms with van der Waals surface area (Å²) < 4.78 is 5.19. The molecule has 0 atom stereocenters. The lowest BCUT2D eigenvalue weighted by molar-refractivity contribution is -0.385. The number of nitrogens with zero attached hydrogens (tertiary/aromatic N) is 2. The van der Waals surface area contributed by atoms with Crippen LogP contribution in [-0.2, 0) is 4.74 Å². The van der Waals surface area contributed by atoms with Crippen molar-refractivity contribution < 1.29 is 14.5 Å². The topological polar surface area (TPSA) is 106 Å². The van der Waals surface area contributed by atoms with Crippen molar-refractivity contribution in [3.05, 3.63) is 27.9 Å². The molecule has 8 nitrogen and oxygen atoms in total. The molecule has 0 saturated heterocycles. The van der Waals surface area contributed by atoms with E-state index in [1.165, 1.54) is 6.07 Å². The molecule has 0 aliphatic carbocycles. The van der Waals surface area contributed by atoms with E-state index in [9.17, 15) is 14.9 Å². The summed E-state index contributed by atoms with van der Waals surface area (Å²) in [7, 11) is 3.13. The number of carbonyl (C=O) groups excluding carboxylic acids is 1. The van der Waals surface area contributed by atoms with E-state index in [0.717, 1.165) is 6.20 Å². The number of pyridine rings is 1. The number of anilines is 1. The molecule has 1 aromatic heterocycles. The van der Waals surface area contributed by atoms with Gasteiger partial charge in [-0.3, -0.25) is 14.9 Å². The molecule has 8 heteroatoms. The number of methoxy groups -OCH3 is 1. The molecule has 20 heavy (non-hydrogen) atoms. The number of amides is 1. The van der Waals surface area contributed by atoms with Gasteiger partial charge < -0.3 is 15.4 Å². The van der Waals surface area contributed by atoms with Crippen molar-refractivity contribution >= 4 is 17.4 Å². The largest absolute Gasteiger partial charge is 0.377 e. The van der Waals surface area contributed by atoms with Crippen molar-refractivity contribution in [1.82, 2.24) is 10.3 Å². The molecule has 0 aliphatic rings. The van der Waals surface area contributed by atoms with E-state index in [4.69, 9.17) is 4.74 Å². The lowest BCUT2D eigenvalue weighted by Crippen LogP contribution is -2.40. The fraction of sp³-hybridized carbons (Fsp3) is 0.500. The summed E-state index contributed by atoms with van der Waals surface area (Å²) in [6, 6.07) is 1.19. The summed E-state index contributed by atoms with van der Waals surface area (Å²) in [6.45, 7) is 3.91. The Morgan fingerprint density at radius 1 is 1.55 bits per heavy atom. The molecule has 0 spiro atoms. The first-order valence-electron chi connectivity index (χ1n) is 5.96. The van der Waals surface area contributed by atoms with Crippen LogP contribution in [0.4, 0.5) is 11.5 Å². The van der Waals surface area contributed by atoms with Gasteiger partial charge in [0.25, 0.3) is 11.6 Å². The second kappa shape index (κ2) is 6.29. The Labute approximate surface area is 116 Å². The average molecular weight is 282 g/mol. The molecule has 0 aliphatic heterocycles. The van der Waals surface area contributed by atoms with Crippen LogP contribution in [0.5, 0.6) is 0 Å². The summed E-state index contributed by atoms with van der Waals surface area (Å²) in [5.74, 6) is -0.168. The fourth-order valence-electron chi connectivity index (χ4n) is 1.39. The third-order valence-corrected chi connectivity index (χ3v) is 2.79. The molecule has 2 N–H and O–H groups in total. The van der Waals surface area contributed by atoms with Crippen LogP contribution < -0.4 is 10.6 Å². The van der Waals surface area contributed by atoms with Gasteiger partial charge in [-0.05, 0) is 13.8 Å². The maximum absolute atomic E-state index is 12.1. The van der Waals surface area contributed by atoms with E-state index in [-0.39, 0.29) is 23.6 Å². The Balaban J connectivity index is 2.96. The van der Waals surface area contributed by atoms with Crippen LogP contribution in [0.3, 0.4) is 0 Å². The minimum absolute atomic E-state index is 0.119. The molecule has 0 fully saturated rings. The predicted octanol–water partition coefficient (Wildman–Crippen LogP) is 1.19. The van der Waals surface area contributed by atoms with Crippen molar-refractivity contribution in [1.29, 1.82) is 0 Å². The Morgan fingerprint density at radius 2 is 2.20 bits per heavy atom. The van der Waals surface area contributed by atoms with Crippen LogP contribution in [0, 0.1) is 10.1 Å². The van der Waals surface area contributed by atoms with Crippen molar-refractivity contribution in [3.63, 3.8) is 0 Å². The van der Waals surface area contributed by atoms with Crippen molar-refractivity contribution in [2.45, 2.75) is 19.4 Å². The SMILES string of the molecule is CNc1ncc([N+](=O)[O-])cc1C(=O)NCC(C)(C)OC. The number of ether oxygens (including phenoxy) is 1. The number of hydrogen-bond donors (Lipinski definition) is 2. The molecule has 1 heterocycles.